The van der Waals surface area contributed by atoms with Crippen LogP contribution >= 0.6 is 11.8 Å². The molecule has 10 nitrogen and oxygen atoms in total. The number of likely N-dealkylation sites (tertiary alicyclic amines) is 1. The molecule has 2 unspecified atom stereocenters. The van der Waals surface area contributed by atoms with Crippen LogP contribution in [-0.2, 0) is 19.1 Å². The normalized spacial score (nSPS) is 30.3. The summed E-state index contributed by atoms with van der Waals surface area (Å²) >= 11 is 1.31. The zero-order valence-corrected chi connectivity index (χ0v) is 16.4. The largest absolute Gasteiger partial charge is 0.477 e. The van der Waals surface area contributed by atoms with Gasteiger partial charge in [-0.15, -0.1) is 11.8 Å². The molecule has 2 amide bonds. The quantitative estimate of drug-likeness (QED) is 0.240. The molecule has 11 heteroatoms. The highest BCUT2D eigenvalue weighted by Gasteiger charge is 2.57. The van der Waals surface area contributed by atoms with Gasteiger partial charge in [-0.1, -0.05) is 0 Å². The molecule has 2 fully saturated rings. The van der Waals surface area contributed by atoms with Crippen molar-refractivity contribution in [1.29, 1.82) is 5.41 Å². The fourth-order valence-corrected chi connectivity index (χ4v) is 5.69. The van der Waals surface area contributed by atoms with Crippen molar-refractivity contribution in [3.63, 3.8) is 0 Å². The Hall–Kier alpha value is -2.11. The second-order valence-corrected chi connectivity index (χ2v) is 8.64. The van der Waals surface area contributed by atoms with E-state index in [9.17, 15) is 24.6 Å². The third-order valence-electron chi connectivity index (χ3n) is 5.42. The number of amides is 2. The number of thioether (sulfide) groups is 1. The summed E-state index contributed by atoms with van der Waals surface area (Å²) in [7, 11) is 1.46. The highest BCUT2D eigenvalue weighted by Crippen LogP contribution is 2.49. The first-order chi connectivity index (χ1) is 13.2. The van der Waals surface area contributed by atoms with E-state index in [1.54, 1.807) is 4.90 Å². The average molecular weight is 412 g/mol. The number of nitrogens with one attached hydrogen (secondary N) is 1. The number of rotatable bonds is 7. The van der Waals surface area contributed by atoms with Gasteiger partial charge in [-0.2, -0.15) is 0 Å². The van der Waals surface area contributed by atoms with Crippen LogP contribution in [0.25, 0.3) is 0 Å². The molecule has 0 radical (unpaired) electrons. The maximum atomic E-state index is 12.3. The topological polar surface area (TPSA) is 157 Å². The van der Waals surface area contributed by atoms with Crippen molar-refractivity contribution < 1.29 is 29.3 Å². The van der Waals surface area contributed by atoms with Gasteiger partial charge >= 0.3 is 5.97 Å². The van der Waals surface area contributed by atoms with Gasteiger partial charge in [0.05, 0.1) is 18.1 Å². The van der Waals surface area contributed by atoms with E-state index in [2.05, 4.69) is 0 Å². The molecule has 28 heavy (non-hydrogen) atoms. The van der Waals surface area contributed by atoms with Crippen LogP contribution in [0.5, 0.6) is 0 Å². The summed E-state index contributed by atoms with van der Waals surface area (Å²) in [6.07, 6.45) is -0.106. The van der Waals surface area contributed by atoms with E-state index < -0.39 is 29.9 Å². The Balaban J connectivity index is 1.78. The van der Waals surface area contributed by atoms with E-state index in [-0.39, 0.29) is 35.3 Å². The Morgan fingerprint density at radius 3 is 2.68 bits per heavy atom. The summed E-state index contributed by atoms with van der Waals surface area (Å²) in [5, 5.41) is 27.3. The first kappa shape index (κ1) is 20.6. The van der Waals surface area contributed by atoms with Crippen LogP contribution in [0, 0.1) is 11.3 Å². The van der Waals surface area contributed by atoms with Gasteiger partial charge in [0.15, 0.2) is 0 Å². The van der Waals surface area contributed by atoms with Gasteiger partial charge in [-0.25, -0.2) is 4.79 Å². The standard InChI is InChI=1S/C17H24N4O6S/c1-7(22)13-9-4-11(14(17(25)26)21(9)16(13)24)28-8-3-10(15(19)23)20(5-8)12(18)6-27-2/h7-10,13,18,22H,3-6H2,1-2H3,(H2,19,23)(H,25,26)/t7-,8?,9-,10?,13-/m1/s1. The lowest BCUT2D eigenvalue weighted by atomic mass is 9.83. The summed E-state index contributed by atoms with van der Waals surface area (Å²) in [6, 6.07) is -1.00. The number of ether oxygens (including phenoxy) is 1. The third kappa shape index (κ3) is 3.38. The van der Waals surface area contributed by atoms with E-state index in [0.29, 0.717) is 24.3 Å². The van der Waals surface area contributed by atoms with Crippen molar-refractivity contribution in [2.24, 2.45) is 11.7 Å². The van der Waals surface area contributed by atoms with Crippen molar-refractivity contribution in [2.75, 3.05) is 20.3 Å². The lowest BCUT2D eigenvalue weighted by Crippen LogP contribution is -2.61. The number of carbonyl (C=O) groups excluding carboxylic acids is 2. The molecular formula is C17H24N4O6S. The number of nitrogens with zero attached hydrogens (tertiary/aromatic N) is 2. The molecule has 5 atom stereocenters. The second-order valence-electron chi connectivity index (χ2n) is 7.25. The molecule has 0 aromatic heterocycles. The van der Waals surface area contributed by atoms with Crippen LogP contribution in [0.4, 0.5) is 0 Å². The first-order valence-electron chi connectivity index (χ1n) is 8.93. The van der Waals surface area contributed by atoms with E-state index >= 15 is 0 Å². The summed E-state index contributed by atoms with van der Waals surface area (Å²) in [4.78, 5) is 39.2. The average Bonchev–Trinajstić information content (AvgIpc) is 3.15. The molecule has 0 aromatic rings. The molecule has 154 valence electrons. The van der Waals surface area contributed by atoms with E-state index in [1.165, 1.54) is 30.7 Å². The SMILES string of the molecule is COCC(=N)N1CC(SC2=C(C(=O)O)N3C(=O)[C@H]([C@@H](C)O)[C@H]3C2)CC1C(N)=O. The fourth-order valence-electron chi connectivity index (χ4n) is 4.21. The van der Waals surface area contributed by atoms with Gasteiger partial charge in [0.2, 0.25) is 11.8 Å². The van der Waals surface area contributed by atoms with Crippen LogP contribution in [0.1, 0.15) is 19.8 Å². The van der Waals surface area contributed by atoms with Crippen LogP contribution in [0.3, 0.4) is 0 Å². The summed E-state index contributed by atoms with van der Waals surface area (Å²) in [5.74, 6) is -2.56. The lowest BCUT2D eigenvalue weighted by Gasteiger charge is -2.44. The first-order valence-corrected chi connectivity index (χ1v) is 9.81. The maximum Gasteiger partial charge on any atom is 0.353 e. The van der Waals surface area contributed by atoms with Crippen molar-refractivity contribution in [3.05, 3.63) is 10.6 Å². The summed E-state index contributed by atoms with van der Waals surface area (Å²) in [6.45, 7) is 1.93. The minimum atomic E-state index is -1.18. The molecule has 2 saturated heterocycles. The molecular weight excluding hydrogens is 388 g/mol. The molecule has 0 bridgehead atoms. The van der Waals surface area contributed by atoms with Crippen LogP contribution < -0.4 is 5.73 Å². The van der Waals surface area contributed by atoms with Gasteiger partial charge in [-0.05, 0) is 13.3 Å². The Labute approximate surface area is 166 Å². The van der Waals surface area contributed by atoms with Gasteiger partial charge in [0.1, 0.15) is 24.2 Å². The smallest absolute Gasteiger partial charge is 0.353 e. The number of hydrogen-bond acceptors (Lipinski definition) is 7. The number of primary amides is 1. The number of hydrogen-bond donors (Lipinski definition) is 4. The number of aliphatic carboxylic acids is 1. The highest BCUT2D eigenvalue weighted by atomic mass is 32.2. The van der Waals surface area contributed by atoms with Gasteiger partial charge < -0.3 is 30.5 Å². The number of carboxylic acids is 1. The number of fused-ring (bicyclic) bond motifs is 1. The molecule has 3 aliphatic heterocycles. The molecule has 0 spiro atoms. The van der Waals surface area contributed by atoms with E-state index in [4.69, 9.17) is 15.9 Å². The van der Waals surface area contributed by atoms with Crippen molar-refractivity contribution in [3.8, 4) is 0 Å². The Morgan fingerprint density at radius 1 is 1.46 bits per heavy atom. The van der Waals surface area contributed by atoms with Crippen molar-refractivity contribution >= 4 is 35.4 Å². The van der Waals surface area contributed by atoms with Gasteiger partial charge in [-0.3, -0.25) is 15.0 Å². The number of aliphatic hydroxyl groups is 1. The minimum Gasteiger partial charge on any atom is -0.477 e. The number of carbonyl (C=O) groups is 3. The zero-order valence-electron chi connectivity index (χ0n) is 15.6. The molecule has 0 aromatic carbocycles. The number of methoxy groups -OCH3 is 1. The summed E-state index contributed by atoms with van der Waals surface area (Å²) < 4.78 is 4.96. The van der Waals surface area contributed by atoms with Crippen LogP contribution in [0.15, 0.2) is 10.6 Å². The highest BCUT2D eigenvalue weighted by molar-refractivity contribution is 8.03. The van der Waals surface area contributed by atoms with Crippen molar-refractivity contribution in [2.45, 2.75) is 43.2 Å². The monoisotopic (exact) mass is 412 g/mol. The lowest BCUT2D eigenvalue weighted by molar-refractivity contribution is -0.161. The van der Waals surface area contributed by atoms with Crippen LogP contribution in [-0.4, -0.2) is 87.3 Å². The van der Waals surface area contributed by atoms with E-state index in [1.807, 2.05) is 0 Å². The van der Waals surface area contributed by atoms with Gasteiger partial charge in [0, 0.05) is 30.2 Å². The molecule has 0 saturated carbocycles. The predicted molar refractivity (Wildman–Crippen MR) is 100 cm³/mol. The van der Waals surface area contributed by atoms with Crippen molar-refractivity contribution in [1.82, 2.24) is 9.80 Å². The van der Waals surface area contributed by atoms with Gasteiger partial charge in [0.25, 0.3) is 0 Å². The fraction of sp³-hybridized carbons (Fsp3) is 0.647. The molecule has 3 heterocycles. The second kappa shape index (κ2) is 7.72. The Kier molecular flexibility index (Phi) is 5.69. The maximum absolute atomic E-state index is 12.3. The predicted octanol–water partition coefficient (Wildman–Crippen LogP) is -0.821. The summed E-state index contributed by atoms with van der Waals surface area (Å²) in [5.41, 5.74) is 5.43. The molecule has 5 N–H and O–H groups in total. The zero-order chi connectivity index (χ0) is 20.7. The van der Waals surface area contributed by atoms with E-state index in [0.717, 1.165) is 0 Å². The number of amidine groups is 1. The number of aliphatic hydroxyl groups excluding tert-OH is 1. The number of β-lactam (4-membered cyclic amide) rings is 1. The number of carboxylic acid groups (broad SMARTS) is 1. The van der Waals surface area contributed by atoms with Crippen LogP contribution in [0.2, 0.25) is 0 Å². The Morgan fingerprint density at radius 2 is 2.14 bits per heavy atom. The molecule has 0 aliphatic carbocycles. The third-order valence-corrected chi connectivity index (χ3v) is 6.74. The number of nitrogens with two attached hydrogens (primary N) is 1. The molecule has 3 rings (SSSR count). The Bertz CT molecular complexity index is 754. The minimum absolute atomic E-state index is 0.0436. The molecule has 3 aliphatic rings.